The molecular formula is C13H9NO3. The number of nitro groups is 1. The van der Waals surface area contributed by atoms with E-state index in [9.17, 15) is 14.9 Å². The number of aldehydes is 1. The molecule has 0 aliphatic carbocycles. The fraction of sp³-hybridized carbons (Fsp3) is 0. The topological polar surface area (TPSA) is 60.2 Å². The van der Waals surface area contributed by atoms with Crippen LogP contribution in [0.15, 0.2) is 48.5 Å². The zero-order valence-corrected chi connectivity index (χ0v) is 8.87. The molecule has 84 valence electrons. The summed E-state index contributed by atoms with van der Waals surface area (Å²) in [4.78, 5) is 21.3. The Hall–Kier alpha value is -2.49. The van der Waals surface area contributed by atoms with Crippen LogP contribution in [-0.2, 0) is 0 Å². The normalized spacial score (nSPS) is 9.88. The molecular weight excluding hydrogens is 218 g/mol. The summed E-state index contributed by atoms with van der Waals surface area (Å²) < 4.78 is 0. The highest BCUT2D eigenvalue weighted by Gasteiger charge is 2.19. The van der Waals surface area contributed by atoms with E-state index in [1.807, 2.05) is 6.07 Å². The largest absolute Gasteiger partial charge is 0.298 e. The summed E-state index contributed by atoms with van der Waals surface area (Å²) in [6, 6.07) is 13.7. The van der Waals surface area contributed by atoms with Crippen molar-refractivity contribution in [2.24, 2.45) is 0 Å². The summed E-state index contributed by atoms with van der Waals surface area (Å²) in [5.74, 6) is 0. The zero-order valence-electron chi connectivity index (χ0n) is 8.87. The van der Waals surface area contributed by atoms with Gasteiger partial charge in [0.2, 0.25) is 0 Å². The molecule has 0 aliphatic rings. The SMILES string of the molecule is O=Cc1cccc(-c2ccccc2)c1[N+](=O)[O-]. The van der Waals surface area contributed by atoms with Crippen LogP contribution in [0.3, 0.4) is 0 Å². The lowest BCUT2D eigenvalue weighted by Crippen LogP contribution is -1.97. The third-order valence-corrected chi connectivity index (χ3v) is 2.46. The number of para-hydroxylation sites is 1. The lowest BCUT2D eigenvalue weighted by molar-refractivity contribution is -0.384. The van der Waals surface area contributed by atoms with E-state index in [1.54, 1.807) is 36.4 Å². The first kappa shape index (κ1) is 11.0. The first-order valence-corrected chi connectivity index (χ1v) is 5.02. The van der Waals surface area contributed by atoms with Gasteiger partial charge in [-0.25, -0.2) is 0 Å². The Morgan fingerprint density at radius 2 is 1.71 bits per heavy atom. The smallest absolute Gasteiger partial charge is 0.287 e. The van der Waals surface area contributed by atoms with E-state index < -0.39 is 4.92 Å². The van der Waals surface area contributed by atoms with Crippen LogP contribution in [0.1, 0.15) is 10.4 Å². The predicted molar refractivity (Wildman–Crippen MR) is 63.9 cm³/mol. The average Bonchev–Trinajstić information content (AvgIpc) is 2.38. The Labute approximate surface area is 97.7 Å². The molecule has 0 radical (unpaired) electrons. The van der Waals surface area contributed by atoms with Crippen molar-refractivity contribution in [3.8, 4) is 11.1 Å². The molecule has 4 heteroatoms. The Morgan fingerprint density at radius 1 is 1.00 bits per heavy atom. The molecule has 17 heavy (non-hydrogen) atoms. The second-order valence-corrected chi connectivity index (χ2v) is 3.48. The van der Waals surface area contributed by atoms with Gasteiger partial charge in [-0.3, -0.25) is 14.9 Å². The van der Waals surface area contributed by atoms with E-state index in [0.29, 0.717) is 11.8 Å². The highest BCUT2D eigenvalue weighted by atomic mass is 16.6. The monoisotopic (exact) mass is 227 g/mol. The number of nitro benzene ring substituents is 1. The summed E-state index contributed by atoms with van der Waals surface area (Å²) in [5.41, 5.74) is 1.13. The fourth-order valence-corrected chi connectivity index (χ4v) is 1.71. The van der Waals surface area contributed by atoms with Crippen LogP contribution in [-0.4, -0.2) is 11.2 Å². The lowest BCUT2D eigenvalue weighted by Gasteiger charge is -2.04. The summed E-state index contributed by atoms with van der Waals surface area (Å²) in [7, 11) is 0. The molecule has 0 aliphatic heterocycles. The van der Waals surface area contributed by atoms with E-state index in [0.717, 1.165) is 5.56 Å². The Balaban J connectivity index is 2.70. The fourth-order valence-electron chi connectivity index (χ4n) is 1.71. The predicted octanol–water partition coefficient (Wildman–Crippen LogP) is 3.07. The molecule has 0 bridgehead atoms. The van der Waals surface area contributed by atoms with E-state index in [1.165, 1.54) is 6.07 Å². The van der Waals surface area contributed by atoms with Crippen LogP contribution in [0.25, 0.3) is 11.1 Å². The van der Waals surface area contributed by atoms with Crippen LogP contribution < -0.4 is 0 Å². The van der Waals surface area contributed by atoms with Gasteiger partial charge < -0.3 is 0 Å². The van der Waals surface area contributed by atoms with Gasteiger partial charge in [0.05, 0.1) is 16.1 Å². The molecule has 0 aromatic heterocycles. The minimum atomic E-state index is -0.522. The Morgan fingerprint density at radius 3 is 2.29 bits per heavy atom. The number of nitrogens with zero attached hydrogens (tertiary/aromatic N) is 1. The number of rotatable bonds is 3. The second kappa shape index (κ2) is 4.57. The van der Waals surface area contributed by atoms with Gasteiger partial charge in [-0.2, -0.15) is 0 Å². The molecule has 0 heterocycles. The van der Waals surface area contributed by atoms with Crippen molar-refractivity contribution in [3.63, 3.8) is 0 Å². The van der Waals surface area contributed by atoms with Crippen LogP contribution in [0.4, 0.5) is 5.69 Å². The molecule has 0 atom stereocenters. The first-order chi connectivity index (χ1) is 8.24. The summed E-state index contributed by atoms with van der Waals surface area (Å²) in [6.07, 6.45) is 0.505. The molecule has 4 nitrogen and oxygen atoms in total. The van der Waals surface area contributed by atoms with Crippen molar-refractivity contribution in [1.82, 2.24) is 0 Å². The Kier molecular flexibility index (Phi) is 2.96. The molecule has 0 amide bonds. The number of carbonyl (C=O) groups is 1. The zero-order chi connectivity index (χ0) is 12.3. The van der Waals surface area contributed by atoms with Crippen LogP contribution >= 0.6 is 0 Å². The lowest BCUT2D eigenvalue weighted by atomic mass is 10.0. The van der Waals surface area contributed by atoms with E-state index in [4.69, 9.17) is 0 Å². The molecule has 2 aromatic carbocycles. The molecule has 0 saturated heterocycles. The van der Waals surface area contributed by atoms with E-state index in [2.05, 4.69) is 0 Å². The minimum absolute atomic E-state index is 0.0938. The van der Waals surface area contributed by atoms with Crippen molar-refractivity contribution in [3.05, 3.63) is 64.2 Å². The summed E-state index contributed by atoms with van der Waals surface area (Å²) >= 11 is 0. The molecule has 0 unspecified atom stereocenters. The quantitative estimate of drug-likeness (QED) is 0.460. The molecule has 0 fully saturated rings. The van der Waals surface area contributed by atoms with Gasteiger partial charge in [0.1, 0.15) is 0 Å². The second-order valence-electron chi connectivity index (χ2n) is 3.48. The molecule has 2 aromatic rings. The average molecular weight is 227 g/mol. The van der Waals surface area contributed by atoms with Gasteiger partial charge in [-0.15, -0.1) is 0 Å². The van der Waals surface area contributed by atoms with Crippen molar-refractivity contribution < 1.29 is 9.72 Å². The van der Waals surface area contributed by atoms with Crippen LogP contribution in [0, 0.1) is 10.1 Å². The van der Waals surface area contributed by atoms with E-state index >= 15 is 0 Å². The maximum absolute atomic E-state index is 11.0. The van der Waals surface area contributed by atoms with Gasteiger partial charge in [0.25, 0.3) is 5.69 Å². The molecule has 2 rings (SSSR count). The van der Waals surface area contributed by atoms with Crippen molar-refractivity contribution >= 4 is 12.0 Å². The molecule has 0 spiro atoms. The summed E-state index contributed by atoms with van der Waals surface area (Å²) in [5, 5.41) is 11.0. The van der Waals surface area contributed by atoms with Crippen LogP contribution in [0.5, 0.6) is 0 Å². The van der Waals surface area contributed by atoms with Gasteiger partial charge in [0, 0.05) is 0 Å². The van der Waals surface area contributed by atoms with Crippen molar-refractivity contribution in [1.29, 1.82) is 0 Å². The minimum Gasteiger partial charge on any atom is -0.298 e. The first-order valence-electron chi connectivity index (χ1n) is 5.02. The number of carbonyl (C=O) groups excluding carboxylic acids is 1. The number of hydrogen-bond acceptors (Lipinski definition) is 3. The molecule has 0 saturated carbocycles. The van der Waals surface area contributed by atoms with Crippen molar-refractivity contribution in [2.45, 2.75) is 0 Å². The standard InChI is InChI=1S/C13H9NO3/c15-9-11-7-4-8-12(13(11)14(16)17)10-5-2-1-3-6-10/h1-9H. The van der Waals surface area contributed by atoms with Gasteiger partial charge in [-0.05, 0) is 17.7 Å². The van der Waals surface area contributed by atoms with Gasteiger partial charge in [0.15, 0.2) is 6.29 Å². The third-order valence-electron chi connectivity index (χ3n) is 2.46. The van der Waals surface area contributed by atoms with Crippen LogP contribution in [0.2, 0.25) is 0 Å². The highest BCUT2D eigenvalue weighted by molar-refractivity contribution is 5.88. The third kappa shape index (κ3) is 2.06. The van der Waals surface area contributed by atoms with Crippen molar-refractivity contribution in [2.75, 3.05) is 0 Å². The maximum Gasteiger partial charge on any atom is 0.287 e. The Bertz CT molecular complexity index is 564. The number of benzene rings is 2. The summed E-state index contributed by atoms with van der Waals surface area (Å²) in [6.45, 7) is 0. The molecule has 0 N–H and O–H groups in total. The van der Waals surface area contributed by atoms with E-state index in [-0.39, 0.29) is 11.3 Å². The van der Waals surface area contributed by atoms with Gasteiger partial charge in [-0.1, -0.05) is 36.4 Å². The maximum atomic E-state index is 11.0. The highest BCUT2D eigenvalue weighted by Crippen LogP contribution is 2.31. The number of hydrogen-bond donors (Lipinski definition) is 0. The van der Waals surface area contributed by atoms with Gasteiger partial charge >= 0.3 is 0 Å².